The molecule has 0 aromatic rings. The molecule has 7 heteroatoms. The van der Waals surface area contributed by atoms with Crippen molar-refractivity contribution < 1.29 is 18.3 Å². The predicted molar refractivity (Wildman–Crippen MR) is 61.4 cm³/mol. The third-order valence-corrected chi connectivity index (χ3v) is 2.63. The van der Waals surface area contributed by atoms with Crippen LogP contribution >= 0.6 is 0 Å². The molecule has 0 unspecified atom stereocenters. The van der Waals surface area contributed by atoms with Gasteiger partial charge in [0.2, 0.25) is 10.0 Å². The normalized spacial score (nSPS) is 13.6. The van der Waals surface area contributed by atoms with Crippen molar-refractivity contribution >= 4 is 15.9 Å². The van der Waals surface area contributed by atoms with Crippen LogP contribution in [0.1, 0.15) is 27.7 Å². The van der Waals surface area contributed by atoms with Gasteiger partial charge in [-0.15, -0.1) is 0 Å². The second-order valence-electron chi connectivity index (χ2n) is 5.00. The number of hydrogen-bond acceptors (Lipinski definition) is 4. The Morgan fingerprint density at radius 1 is 1.25 bits per heavy atom. The van der Waals surface area contributed by atoms with Gasteiger partial charge < -0.3 is 10.4 Å². The molecular formula is C9H20N2O4S. The molecular weight excluding hydrogens is 232 g/mol. The van der Waals surface area contributed by atoms with E-state index >= 15 is 0 Å². The van der Waals surface area contributed by atoms with Crippen molar-refractivity contribution in [3.8, 4) is 0 Å². The first kappa shape index (κ1) is 15.3. The van der Waals surface area contributed by atoms with E-state index in [1.54, 1.807) is 13.8 Å². The molecule has 0 saturated carbocycles. The summed E-state index contributed by atoms with van der Waals surface area (Å²) in [6.45, 7) is 6.10. The molecule has 6 nitrogen and oxygen atoms in total. The maximum Gasteiger partial charge on any atom is 0.251 e. The first-order valence-electron chi connectivity index (χ1n) is 4.83. The van der Waals surface area contributed by atoms with Gasteiger partial charge in [0.05, 0.1) is 6.26 Å². The molecule has 0 spiro atoms. The molecule has 0 heterocycles. The average molecular weight is 252 g/mol. The maximum absolute atomic E-state index is 11.3. The Kier molecular flexibility index (Phi) is 4.49. The van der Waals surface area contributed by atoms with Gasteiger partial charge in [-0.05, 0) is 27.7 Å². The summed E-state index contributed by atoms with van der Waals surface area (Å²) in [6.07, 6.45) is 1.05. The summed E-state index contributed by atoms with van der Waals surface area (Å²) in [4.78, 5) is 11.3. The van der Waals surface area contributed by atoms with E-state index in [0.717, 1.165) is 6.26 Å². The van der Waals surface area contributed by atoms with E-state index in [9.17, 15) is 18.3 Å². The molecule has 0 bridgehead atoms. The number of carbonyl (C=O) groups excluding carboxylic acids is 1. The van der Waals surface area contributed by atoms with Gasteiger partial charge in [-0.3, -0.25) is 4.79 Å². The van der Waals surface area contributed by atoms with Gasteiger partial charge >= 0.3 is 0 Å². The van der Waals surface area contributed by atoms with Crippen molar-refractivity contribution in [3.05, 3.63) is 0 Å². The lowest BCUT2D eigenvalue weighted by Crippen LogP contribution is -2.53. The van der Waals surface area contributed by atoms with E-state index in [0.29, 0.717) is 0 Å². The number of aliphatic hydroxyl groups is 1. The van der Waals surface area contributed by atoms with E-state index in [4.69, 9.17) is 0 Å². The van der Waals surface area contributed by atoms with Gasteiger partial charge in [-0.25, -0.2) is 13.1 Å². The average Bonchev–Trinajstić information content (AvgIpc) is 1.93. The topological polar surface area (TPSA) is 95.5 Å². The van der Waals surface area contributed by atoms with Crippen LogP contribution in [0.25, 0.3) is 0 Å². The lowest BCUT2D eigenvalue weighted by atomic mass is 10.1. The van der Waals surface area contributed by atoms with Crippen LogP contribution in [0.15, 0.2) is 0 Å². The monoisotopic (exact) mass is 252 g/mol. The summed E-state index contributed by atoms with van der Waals surface area (Å²) in [5.41, 5.74) is -2.27. The van der Waals surface area contributed by atoms with Gasteiger partial charge in [0, 0.05) is 12.1 Å². The highest BCUT2D eigenvalue weighted by atomic mass is 32.2. The van der Waals surface area contributed by atoms with Crippen LogP contribution in [0, 0.1) is 0 Å². The zero-order valence-corrected chi connectivity index (χ0v) is 11.1. The molecule has 16 heavy (non-hydrogen) atoms. The van der Waals surface area contributed by atoms with Crippen LogP contribution < -0.4 is 10.0 Å². The maximum atomic E-state index is 11.3. The molecule has 0 atom stereocenters. The molecule has 0 radical (unpaired) electrons. The van der Waals surface area contributed by atoms with Crippen molar-refractivity contribution in [3.63, 3.8) is 0 Å². The number of hydrogen-bond donors (Lipinski definition) is 3. The zero-order chi connectivity index (χ0) is 13.2. The van der Waals surface area contributed by atoms with Crippen molar-refractivity contribution in [2.45, 2.75) is 38.8 Å². The van der Waals surface area contributed by atoms with E-state index in [2.05, 4.69) is 10.0 Å². The first-order valence-corrected chi connectivity index (χ1v) is 6.72. The van der Waals surface area contributed by atoms with Crippen LogP contribution in [0.2, 0.25) is 0 Å². The minimum atomic E-state index is -3.33. The van der Waals surface area contributed by atoms with Crippen molar-refractivity contribution in [2.24, 2.45) is 0 Å². The fourth-order valence-corrected chi connectivity index (χ4v) is 2.13. The standard InChI is InChI=1S/C9H20N2O4S/c1-8(2,11-16(5,14)15)6-10-7(12)9(3,4)13/h11,13H,6H2,1-5H3,(H,10,12). The molecule has 0 saturated heterocycles. The van der Waals surface area contributed by atoms with Crippen LogP contribution in [0.5, 0.6) is 0 Å². The molecule has 96 valence electrons. The second-order valence-corrected chi connectivity index (χ2v) is 6.75. The van der Waals surface area contributed by atoms with Crippen LogP contribution in [0.4, 0.5) is 0 Å². The SMILES string of the molecule is CC(C)(CNC(=O)C(C)(C)O)NS(C)(=O)=O. The summed E-state index contributed by atoms with van der Waals surface area (Å²) in [5.74, 6) is -0.545. The number of carbonyl (C=O) groups is 1. The highest BCUT2D eigenvalue weighted by Gasteiger charge is 2.27. The Bertz CT molecular complexity index is 354. The Balaban J connectivity index is 4.36. The van der Waals surface area contributed by atoms with E-state index in [1.807, 2.05) is 0 Å². The van der Waals surface area contributed by atoms with Crippen molar-refractivity contribution in [1.29, 1.82) is 0 Å². The van der Waals surface area contributed by atoms with Gasteiger partial charge in [-0.1, -0.05) is 0 Å². The smallest absolute Gasteiger partial charge is 0.251 e. The fourth-order valence-electron chi connectivity index (χ4n) is 1.06. The quantitative estimate of drug-likeness (QED) is 0.597. The van der Waals surface area contributed by atoms with Gasteiger partial charge in [0.15, 0.2) is 0 Å². The van der Waals surface area contributed by atoms with Gasteiger partial charge in [0.25, 0.3) is 5.91 Å². The molecule has 1 amide bonds. The van der Waals surface area contributed by atoms with Gasteiger partial charge in [-0.2, -0.15) is 0 Å². The number of rotatable bonds is 5. The Labute approximate surface area is 96.5 Å². The zero-order valence-electron chi connectivity index (χ0n) is 10.3. The van der Waals surface area contributed by atoms with Gasteiger partial charge in [0.1, 0.15) is 5.60 Å². The fraction of sp³-hybridized carbons (Fsp3) is 0.889. The Hall–Kier alpha value is -0.660. The highest BCUT2D eigenvalue weighted by molar-refractivity contribution is 7.88. The summed E-state index contributed by atoms with van der Waals surface area (Å²) in [6, 6.07) is 0. The summed E-state index contributed by atoms with van der Waals surface area (Å²) in [7, 11) is -3.33. The lowest BCUT2D eigenvalue weighted by molar-refractivity contribution is -0.136. The molecule has 0 aromatic heterocycles. The number of amides is 1. The van der Waals surface area contributed by atoms with Crippen LogP contribution in [-0.2, 0) is 14.8 Å². The third kappa shape index (κ3) is 6.76. The Morgan fingerprint density at radius 3 is 2.00 bits per heavy atom. The molecule has 0 aromatic carbocycles. The minimum absolute atomic E-state index is 0.100. The molecule has 0 aliphatic heterocycles. The van der Waals surface area contributed by atoms with E-state index in [1.165, 1.54) is 13.8 Å². The summed E-state index contributed by atoms with van der Waals surface area (Å²) < 4.78 is 24.4. The van der Waals surface area contributed by atoms with E-state index < -0.39 is 27.1 Å². The van der Waals surface area contributed by atoms with E-state index in [-0.39, 0.29) is 6.54 Å². The molecule has 3 N–H and O–H groups in total. The summed E-state index contributed by atoms with van der Waals surface area (Å²) in [5, 5.41) is 11.8. The molecule has 0 rings (SSSR count). The molecule has 0 fully saturated rings. The lowest BCUT2D eigenvalue weighted by Gasteiger charge is -2.27. The number of nitrogens with one attached hydrogen (secondary N) is 2. The first-order chi connectivity index (χ1) is 6.83. The number of sulfonamides is 1. The molecule has 0 aliphatic carbocycles. The van der Waals surface area contributed by atoms with Crippen molar-refractivity contribution in [2.75, 3.05) is 12.8 Å². The Morgan fingerprint density at radius 2 is 1.69 bits per heavy atom. The largest absolute Gasteiger partial charge is 0.381 e. The predicted octanol–water partition coefficient (Wildman–Crippen LogP) is -0.799. The molecule has 0 aliphatic rings. The van der Waals surface area contributed by atoms with Crippen LogP contribution in [-0.4, -0.2) is 43.4 Å². The highest BCUT2D eigenvalue weighted by Crippen LogP contribution is 2.04. The van der Waals surface area contributed by atoms with Crippen LogP contribution in [0.3, 0.4) is 0 Å². The van der Waals surface area contributed by atoms with Crippen molar-refractivity contribution in [1.82, 2.24) is 10.0 Å². The summed E-state index contributed by atoms with van der Waals surface area (Å²) >= 11 is 0. The minimum Gasteiger partial charge on any atom is -0.381 e. The third-order valence-electron chi connectivity index (χ3n) is 1.71. The second kappa shape index (κ2) is 4.68.